The monoisotopic (exact) mass is 256 g/mol. The van der Waals surface area contributed by atoms with Gasteiger partial charge >= 0.3 is 0 Å². The first kappa shape index (κ1) is 11.9. The number of rotatable bonds is 4. The summed E-state index contributed by atoms with van der Waals surface area (Å²) in [5.41, 5.74) is 0.542. The van der Waals surface area contributed by atoms with Crippen LogP contribution in [0.4, 0.5) is 0 Å². The zero-order chi connectivity index (χ0) is 12.5. The Labute approximate surface area is 99.3 Å². The molecule has 0 radical (unpaired) electrons. The molecule has 0 N–H and O–H groups in total. The summed E-state index contributed by atoms with van der Waals surface area (Å²) < 4.78 is 32.2. The lowest BCUT2D eigenvalue weighted by Gasteiger charge is -2.06. The van der Waals surface area contributed by atoms with Gasteiger partial charge in [-0.25, -0.2) is 8.42 Å². The van der Waals surface area contributed by atoms with Crippen LogP contribution in [0.1, 0.15) is 10.4 Å². The summed E-state index contributed by atoms with van der Waals surface area (Å²) in [6, 6.07) is 4.86. The van der Waals surface area contributed by atoms with E-state index in [1.54, 1.807) is 18.2 Å². The zero-order valence-electron chi connectivity index (χ0n) is 9.30. The molecule has 1 aliphatic heterocycles. The molecular weight excluding hydrogens is 244 g/mol. The molecule has 5 nitrogen and oxygen atoms in total. The Kier molecular flexibility index (Phi) is 3.06. The van der Waals surface area contributed by atoms with Crippen molar-refractivity contribution in [1.82, 2.24) is 0 Å². The summed E-state index contributed by atoms with van der Waals surface area (Å²) in [5, 5.41) is 0. The predicted octanol–water partition coefficient (Wildman–Crippen LogP) is 0.685. The SMILES string of the molecule is CS(=O)(=O)CCOc1ccc2c(c1)OCC2=O. The molecule has 92 valence electrons. The first-order valence-electron chi connectivity index (χ1n) is 5.06. The number of Topliss-reactive ketones (excluding diaryl/α,β-unsaturated/α-hetero) is 1. The minimum absolute atomic E-state index is 0.0378. The van der Waals surface area contributed by atoms with Gasteiger partial charge in [0.25, 0.3) is 0 Å². The molecule has 0 atom stereocenters. The maximum absolute atomic E-state index is 11.3. The Morgan fingerprint density at radius 3 is 2.88 bits per heavy atom. The van der Waals surface area contributed by atoms with E-state index in [0.29, 0.717) is 17.1 Å². The van der Waals surface area contributed by atoms with Gasteiger partial charge in [-0.2, -0.15) is 0 Å². The fourth-order valence-corrected chi connectivity index (χ4v) is 1.86. The summed E-state index contributed by atoms with van der Waals surface area (Å²) in [6.45, 7) is 0.147. The molecule has 0 unspecified atom stereocenters. The molecule has 0 amide bonds. The first-order chi connectivity index (χ1) is 7.96. The molecule has 1 aliphatic rings. The van der Waals surface area contributed by atoms with E-state index in [9.17, 15) is 13.2 Å². The van der Waals surface area contributed by atoms with Crippen LogP contribution in [0.2, 0.25) is 0 Å². The summed E-state index contributed by atoms with van der Waals surface area (Å²) in [5.74, 6) is 0.904. The Bertz CT molecular complexity index is 547. The first-order valence-corrected chi connectivity index (χ1v) is 7.12. The smallest absolute Gasteiger partial charge is 0.203 e. The van der Waals surface area contributed by atoms with Crippen molar-refractivity contribution in [3.05, 3.63) is 23.8 Å². The van der Waals surface area contributed by atoms with Crippen LogP contribution in [0.15, 0.2) is 18.2 Å². The van der Waals surface area contributed by atoms with Crippen LogP contribution in [0.3, 0.4) is 0 Å². The summed E-state index contributed by atoms with van der Waals surface area (Å²) in [6.07, 6.45) is 1.15. The van der Waals surface area contributed by atoms with E-state index < -0.39 is 9.84 Å². The van der Waals surface area contributed by atoms with Crippen LogP contribution >= 0.6 is 0 Å². The lowest BCUT2D eigenvalue weighted by molar-refractivity contribution is 0.0961. The van der Waals surface area contributed by atoms with E-state index in [4.69, 9.17) is 9.47 Å². The zero-order valence-corrected chi connectivity index (χ0v) is 10.1. The van der Waals surface area contributed by atoms with E-state index in [0.717, 1.165) is 6.26 Å². The van der Waals surface area contributed by atoms with Crippen molar-refractivity contribution in [3.63, 3.8) is 0 Å². The van der Waals surface area contributed by atoms with E-state index in [1.165, 1.54) is 0 Å². The van der Waals surface area contributed by atoms with Crippen molar-refractivity contribution >= 4 is 15.6 Å². The molecule has 0 fully saturated rings. The quantitative estimate of drug-likeness (QED) is 0.792. The second-order valence-electron chi connectivity index (χ2n) is 3.85. The number of ketones is 1. The van der Waals surface area contributed by atoms with E-state index >= 15 is 0 Å². The molecule has 0 spiro atoms. The summed E-state index contributed by atoms with van der Waals surface area (Å²) >= 11 is 0. The average molecular weight is 256 g/mol. The number of carbonyl (C=O) groups is 1. The molecule has 0 aromatic heterocycles. The van der Waals surface area contributed by atoms with Crippen LogP contribution in [-0.4, -0.2) is 39.4 Å². The van der Waals surface area contributed by atoms with Gasteiger partial charge in [0, 0.05) is 12.3 Å². The average Bonchev–Trinajstić information content (AvgIpc) is 2.58. The maximum Gasteiger partial charge on any atom is 0.203 e. The largest absolute Gasteiger partial charge is 0.492 e. The number of hydrogen-bond acceptors (Lipinski definition) is 5. The highest BCUT2D eigenvalue weighted by atomic mass is 32.2. The van der Waals surface area contributed by atoms with Crippen LogP contribution in [-0.2, 0) is 9.84 Å². The van der Waals surface area contributed by atoms with E-state index in [1.807, 2.05) is 0 Å². The number of hydrogen-bond donors (Lipinski definition) is 0. The number of fused-ring (bicyclic) bond motifs is 1. The van der Waals surface area contributed by atoms with Gasteiger partial charge in [-0.05, 0) is 12.1 Å². The normalized spacial score (nSPS) is 14.3. The van der Waals surface area contributed by atoms with Gasteiger partial charge in [-0.3, -0.25) is 4.79 Å². The Hall–Kier alpha value is -1.56. The fourth-order valence-electron chi connectivity index (χ4n) is 1.47. The summed E-state index contributed by atoms with van der Waals surface area (Å²) in [7, 11) is -3.02. The molecule has 2 rings (SSSR count). The van der Waals surface area contributed by atoms with Crippen molar-refractivity contribution < 1.29 is 22.7 Å². The van der Waals surface area contributed by atoms with Crippen molar-refractivity contribution in [1.29, 1.82) is 0 Å². The molecule has 17 heavy (non-hydrogen) atoms. The van der Waals surface area contributed by atoms with Crippen molar-refractivity contribution in [2.45, 2.75) is 0 Å². The number of carbonyl (C=O) groups excluding carboxylic acids is 1. The van der Waals surface area contributed by atoms with Gasteiger partial charge < -0.3 is 9.47 Å². The fraction of sp³-hybridized carbons (Fsp3) is 0.364. The molecule has 1 aromatic rings. The van der Waals surface area contributed by atoms with Crippen molar-refractivity contribution in [3.8, 4) is 11.5 Å². The highest BCUT2D eigenvalue weighted by Gasteiger charge is 2.21. The third-order valence-electron chi connectivity index (χ3n) is 2.34. The molecular formula is C11H12O5S. The van der Waals surface area contributed by atoms with Crippen LogP contribution in [0.25, 0.3) is 0 Å². The molecule has 6 heteroatoms. The Balaban J connectivity index is 2.02. The lowest BCUT2D eigenvalue weighted by Crippen LogP contribution is -2.12. The molecule has 0 saturated carbocycles. The number of ether oxygens (including phenoxy) is 2. The van der Waals surface area contributed by atoms with Crippen molar-refractivity contribution in [2.24, 2.45) is 0 Å². The standard InChI is InChI=1S/C11H12O5S/c1-17(13,14)5-4-15-8-2-3-9-10(12)7-16-11(9)6-8/h2-3,6H,4-5,7H2,1H3. The van der Waals surface area contributed by atoms with E-state index in [-0.39, 0.29) is 24.7 Å². The minimum Gasteiger partial charge on any atom is -0.492 e. The second kappa shape index (κ2) is 4.37. The third-order valence-corrected chi connectivity index (χ3v) is 3.24. The van der Waals surface area contributed by atoms with Crippen molar-refractivity contribution in [2.75, 3.05) is 25.2 Å². The Morgan fingerprint density at radius 1 is 1.41 bits per heavy atom. The van der Waals surface area contributed by atoms with Gasteiger partial charge in [-0.1, -0.05) is 0 Å². The van der Waals surface area contributed by atoms with Gasteiger partial charge in [-0.15, -0.1) is 0 Å². The Morgan fingerprint density at radius 2 is 2.18 bits per heavy atom. The van der Waals surface area contributed by atoms with Crippen LogP contribution in [0.5, 0.6) is 11.5 Å². The molecule has 0 aliphatic carbocycles. The minimum atomic E-state index is -3.02. The lowest BCUT2D eigenvalue weighted by atomic mass is 10.1. The molecule has 1 heterocycles. The highest BCUT2D eigenvalue weighted by molar-refractivity contribution is 7.90. The number of sulfone groups is 1. The van der Waals surface area contributed by atoms with Crippen LogP contribution in [0, 0.1) is 0 Å². The van der Waals surface area contributed by atoms with Gasteiger partial charge in [0.05, 0.1) is 11.3 Å². The second-order valence-corrected chi connectivity index (χ2v) is 6.11. The summed E-state index contributed by atoms with van der Waals surface area (Å²) in [4.78, 5) is 11.3. The van der Waals surface area contributed by atoms with Crippen LogP contribution < -0.4 is 9.47 Å². The van der Waals surface area contributed by atoms with Gasteiger partial charge in [0.15, 0.2) is 16.4 Å². The highest BCUT2D eigenvalue weighted by Crippen LogP contribution is 2.29. The van der Waals surface area contributed by atoms with Gasteiger partial charge in [0.1, 0.15) is 18.1 Å². The predicted molar refractivity (Wildman–Crippen MR) is 61.5 cm³/mol. The molecule has 0 saturated heterocycles. The number of benzene rings is 1. The molecule has 1 aromatic carbocycles. The van der Waals surface area contributed by atoms with E-state index in [2.05, 4.69) is 0 Å². The van der Waals surface area contributed by atoms with Gasteiger partial charge in [0.2, 0.25) is 5.78 Å². The topological polar surface area (TPSA) is 69.7 Å². The third kappa shape index (κ3) is 2.97. The maximum atomic E-state index is 11.3. The molecule has 0 bridgehead atoms.